The van der Waals surface area contributed by atoms with Crippen molar-refractivity contribution in [2.45, 2.75) is 32.4 Å². The molecule has 1 fully saturated rings. The van der Waals surface area contributed by atoms with E-state index in [2.05, 4.69) is 5.32 Å². The van der Waals surface area contributed by atoms with Crippen molar-refractivity contribution >= 4 is 17.6 Å². The Balaban J connectivity index is 2.26. The summed E-state index contributed by atoms with van der Waals surface area (Å²) in [7, 11) is 0. The fraction of sp³-hybridized carbons (Fsp3) is 0.385. The molecule has 0 aliphatic carbocycles. The number of rotatable bonds is 3. The van der Waals surface area contributed by atoms with Crippen LogP contribution in [0.15, 0.2) is 24.3 Å². The fourth-order valence-corrected chi connectivity index (χ4v) is 2.04. The highest BCUT2D eigenvalue weighted by Crippen LogP contribution is 2.21. The molecular weight excluding hydrogens is 230 g/mol. The lowest BCUT2D eigenvalue weighted by Crippen LogP contribution is -2.54. The minimum Gasteiger partial charge on any atom is -0.334 e. The molecule has 1 aliphatic rings. The Hall–Kier alpha value is -1.88. The highest BCUT2D eigenvalue weighted by molar-refractivity contribution is 6.16. The molecule has 5 heteroatoms. The number of carbonyl (C=O) groups is 2. The summed E-state index contributed by atoms with van der Waals surface area (Å²) in [6.45, 7) is 2.33. The van der Waals surface area contributed by atoms with Crippen LogP contribution in [-0.2, 0) is 11.3 Å². The highest BCUT2D eigenvalue weighted by Gasteiger charge is 2.32. The minimum atomic E-state index is -0.354. The van der Waals surface area contributed by atoms with E-state index in [1.165, 1.54) is 4.90 Å². The van der Waals surface area contributed by atoms with Gasteiger partial charge in [0.05, 0.1) is 5.69 Å². The first-order valence-corrected chi connectivity index (χ1v) is 6.08. The average Bonchev–Trinajstić information content (AvgIpc) is 2.38. The maximum atomic E-state index is 12.0. The molecule has 3 N–H and O–H groups in total. The van der Waals surface area contributed by atoms with Gasteiger partial charge in [-0.25, -0.2) is 9.69 Å². The van der Waals surface area contributed by atoms with Gasteiger partial charge in [-0.05, 0) is 24.1 Å². The van der Waals surface area contributed by atoms with E-state index in [-0.39, 0.29) is 18.0 Å². The number of anilines is 1. The summed E-state index contributed by atoms with van der Waals surface area (Å²) in [5.41, 5.74) is 7.03. The summed E-state index contributed by atoms with van der Waals surface area (Å²) >= 11 is 0. The summed E-state index contributed by atoms with van der Waals surface area (Å²) in [4.78, 5) is 25.1. The molecule has 0 saturated carbocycles. The van der Waals surface area contributed by atoms with Crippen LogP contribution in [0.3, 0.4) is 0 Å². The molecule has 0 aromatic heterocycles. The van der Waals surface area contributed by atoms with Gasteiger partial charge in [-0.2, -0.15) is 0 Å². The van der Waals surface area contributed by atoms with Crippen LogP contribution < -0.4 is 16.0 Å². The standard InChI is InChI=1S/C13H17N3O2/c1-2-10-7-12(17)16(13(18)15-10)11-5-3-4-9(6-11)8-14/h3-6,10H,2,7-8,14H2,1H3,(H,15,18). The zero-order valence-electron chi connectivity index (χ0n) is 10.3. The van der Waals surface area contributed by atoms with E-state index >= 15 is 0 Å². The second-order valence-electron chi connectivity index (χ2n) is 4.36. The number of imide groups is 1. The zero-order valence-corrected chi connectivity index (χ0v) is 10.3. The summed E-state index contributed by atoms with van der Waals surface area (Å²) in [5, 5.41) is 2.82. The van der Waals surface area contributed by atoms with Gasteiger partial charge in [-0.1, -0.05) is 19.1 Å². The molecule has 2 rings (SSSR count). The molecule has 1 saturated heterocycles. The Morgan fingerprint density at radius 1 is 1.44 bits per heavy atom. The first-order chi connectivity index (χ1) is 8.65. The number of urea groups is 1. The van der Waals surface area contributed by atoms with Crippen LogP contribution in [0.2, 0.25) is 0 Å². The Bertz CT molecular complexity index is 455. The van der Waals surface area contributed by atoms with Crippen molar-refractivity contribution in [2.24, 2.45) is 5.73 Å². The number of nitrogens with zero attached hydrogens (tertiary/aromatic N) is 1. The van der Waals surface area contributed by atoms with E-state index in [0.717, 1.165) is 12.0 Å². The number of carbonyl (C=O) groups excluding carboxylic acids is 2. The predicted octanol–water partition coefficient (Wildman–Crippen LogP) is 1.37. The maximum Gasteiger partial charge on any atom is 0.328 e. The van der Waals surface area contributed by atoms with E-state index < -0.39 is 0 Å². The lowest BCUT2D eigenvalue weighted by atomic mass is 10.1. The van der Waals surface area contributed by atoms with E-state index in [1.54, 1.807) is 18.2 Å². The van der Waals surface area contributed by atoms with Crippen LogP contribution in [0.5, 0.6) is 0 Å². The second kappa shape index (κ2) is 5.18. The molecule has 1 aliphatic heterocycles. The molecule has 1 atom stereocenters. The molecule has 96 valence electrons. The lowest BCUT2D eigenvalue weighted by Gasteiger charge is -2.30. The molecule has 5 nitrogen and oxygen atoms in total. The number of benzene rings is 1. The van der Waals surface area contributed by atoms with E-state index in [0.29, 0.717) is 18.7 Å². The van der Waals surface area contributed by atoms with Crippen molar-refractivity contribution in [3.63, 3.8) is 0 Å². The van der Waals surface area contributed by atoms with Gasteiger partial charge in [0.25, 0.3) is 0 Å². The predicted molar refractivity (Wildman–Crippen MR) is 69.0 cm³/mol. The molecular formula is C13H17N3O2. The van der Waals surface area contributed by atoms with E-state index in [9.17, 15) is 9.59 Å². The third-order valence-corrected chi connectivity index (χ3v) is 3.10. The van der Waals surface area contributed by atoms with Crippen molar-refractivity contribution in [3.05, 3.63) is 29.8 Å². The fourth-order valence-electron chi connectivity index (χ4n) is 2.04. The molecule has 18 heavy (non-hydrogen) atoms. The van der Waals surface area contributed by atoms with Crippen LogP contribution >= 0.6 is 0 Å². The van der Waals surface area contributed by atoms with Gasteiger partial charge < -0.3 is 11.1 Å². The van der Waals surface area contributed by atoms with Gasteiger partial charge in [0.2, 0.25) is 5.91 Å². The topological polar surface area (TPSA) is 75.4 Å². The van der Waals surface area contributed by atoms with Crippen molar-refractivity contribution in [3.8, 4) is 0 Å². The number of amides is 3. The first-order valence-electron chi connectivity index (χ1n) is 6.08. The van der Waals surface area contributed by atoms with Crippen molar-refractivity contribution in [1.82, 2.24) is 5.32 Å². The van der Waals surface area contributed by atoms with Crippen LogP contribution in [0.4, 0.5) is 10.5 Å². The van der Waals surface area contributed by atoms with Crippen molar-refractivity contribution in [2.75, 3.05) is 4.90 Å². The molecule has 1 aromatic rings. The summed E-state index contributed by atoms with van der Waals surface area (Å²) < 4.78 is 0. The van der Waals surface area contributed by atoms with Gasteiger partial charge in [0.1, 0.15) is 0 Å². The number of hydrogen-bond donors (Lipinski definition) is 2. The Morgan fingerprint density at radius 2 is 2.22 bits per heavy atom. The SMILES string of the molecule is CCC1CC(=O)N(c2cccc(CN)c2)C(=O)N1. The molecule has 1 aromatic carbocycles. The van der Waals surface area contributed by atoms with Crippen molar-refractivity contribution < 1.29 is 9.59 Å². The summed E-state index contributed by atoms with van der Waals surface area (Å²) in [5.74, 6) is -0.167. The monoisotopic (exact) mass is 247 g/mol. The largest absolute Gasteiger partial charge is 0.334 e. The number of nitrogens with two attached hydrogens (primary N) is 1. The zero-order chi connectivity index (χ0) is 13.1. The molecule has 0 bridgehead atoms. The van der Waals surface area contributed by atoms with Gasteiger partial charge >= 0.3 is 6.03 Å². The van der Waals surface area contributed by atoms with Crippen LogP contribution in [-0.4, -0.2) is 18.0 Å². The van der Waals surface area contributed by atoms with E-state index in [4.69, 9.17) is 5.73 Å². The van der Waals surface area contributed by atoms with Gasteiger partial charge in [0, 0.05) is 19.0 Å². The second-order valence-corrected chi connectivity index (χ2v) is 4.36. The molecule has 1 heterocycles. The molecule has 0 radical (unpaired) electrons. The highest BCUT2D eigenvalue weighted by atomic mass is 16.2. The smallest absolute Gasteiger partial charge is 0.328 e. The summed E-state index contributed by atoms with van der Waals surface area (Å²) in [6.07, 6.45) is 1.10. The van der Waals surface area contributed by atoms with Crippen LogP contribution in [0.25, 0.3) is 0 Å². The molecule has 0 spiro atoms. The molecule has 3 amide bonds. The first kappa shape index (κ1) is 12.6. The molecule has 1 unspecified atom stereocenters. The van der Waals surface area contributed by atoms with Crippen LogP contribution in [0.1, 0.15) is 25.3 Å². The average molecular weight is 247 g/mol. The van der Waals surface area contributed by atoms with Gasteiger partial charge in [-0.15, -0.1) is 0 Å². The quantitative estimate of drug-likeness (QED) is 0.847. The normalized spacial score (nSPS) is 19.9. The summed E-state index contributed by atoms with van der Waals surface area (Å²) in [6, 6.07) is 6.76. The lowest BCUT2D eigenvalue weighted by molar-refractivity contribution is -0.119. The third-order valence-electron chi connectivity index (χ3n) is 3.10. The Morgan fingerprint density at radius 3 is 2.83 bits per heavy atom. The minimum absolute atomic E-state index is 0.0565. The Labute approximate surface area is 106 Å². The number of hydrogen-bond acceptors (Lipinski definition) is 3. The van der Waals surface area contributed by atoms with Crippen LogP contribution in [0, 0.1) is 0 Å². The third kappa shape index (κ3) is 2.36. The Kier molecular flexibility index (Phi) is 3.62. The van der Waals surface area contributed by atoms with Crippen molar-refractivity contribution in [1.29, 1.82) is 0 Å². The maximum absolute atomic E-state index is 12.0. The number of nitrogens with one attached hydrogen (secondary N) is 1. The van der Waals surface area contributed by atoms with Gasteiger partial charge in [-0.3, -0.25) is 4.79 Å². The van der Waals surface area contributed by atoms with Gasteiger partial charge in [0.15, 0.2) is 0 Å². The van der Waals surface area contributed by atoms with E-state index in [1.807, 2.05) is 13.0 Å².